The third-order valence-electron chi connectivity index (χ3n) is 6.04. The number of likely N-dealkylation sites (tertiary alicyclic amines) is 1. The summed E-state index contributed by atoms with van der Waals surface area (Å²) in [5.74, 6) is 2.48. The van der Waals surface area contributed by atoms with E-state index in [4.69, 9.17) is 33.4 Å². The van der Waals surface area contributed by atoms with E-state index in [1.165, 1.54) is 0 Å². The van der Waals surface area contributed by atoms with Crippen LogP contribution in [0.3, 0.4) is 0 Å². The lowest BCUT2D eigenvalue weighted by Crippen LogP contribution is -2.38. The minimum Gasteiger partial charge on any atom is -0.343 e. The van der Waals surface area contributed by atoms with Crippen molar-refractivity contribution in [3.05, 3.63) is 45.8 Å². The summed E-state index contributed by atoms with van der Waals surface area (Å²) in [6, 6.07) is 7.61. The van der Waals surface area contributed by atoms with E-state index in [9.17, 15) is 4.79 Å². The van der Waals surface area contributed by atoms with E-state index in [2.05, 4.69) is 21.6 Å². The number of hydrogen-bond acceptors (Lipinski definition) is 6. The highest BCUT2D eigenvalue weighted by molar-refractivity contribution is 7.71. The number of hydrogen-bond donors (Lipinski definition) is 0. The first kappa shape index (κ1) is 23.6. The smallest absolute Gasteiger partial charge is 0.229 e. The molecule has 0 aliphatic carbocycles. The SMILES string of the molecule is CCCCn1c(-c2ccc(Cl)cc2)nn(CCC(=O)N2CCC(c3nc(C)no3)CC2)c1=S. The molecule has 2 aromatic heterocycles. The van der Waals surface area contributed by atoms with Crippen molar-refractivity contribution in [1.82, 2.24) is 29.4 Å². The summed E-state index contributed by atoms with van der Waals surface area (Å²) in [5, 5.41) is 9.32. The van der Waals surface area contributed by atoms with Gasteiger partial charge in [-0.25, -0.2) is 4.68 Å². The van der Waals surface area contributed by atoms with Gasteiger partial charge in [0.25, 0.3) is 0 Å². The zero-order chi connectivity index (χ0) is 23.4. The van der Waals surface area contributed by atoms with Crippen LogP contribution in [0.25, 0.3) is 11.4 Å². The lowest BCUT2D eigenvalue weighted by Gasteiger charge is -2.30. The van der Waals surface area contributed by atoms with Gasteiger partial charge in [-0.1, -0.05) is 30.1 Å². The molecular formula is C23H29ClN6O2S. The third-order valence-corrected chi connectivity index (χ3v) is 6.72. The lowest BCUT2D eigenvalue weighted by molar-refractivity contribution is -0.132. The molecule has 176 valence electrons. The van der Waals surface area contributed by atoms with E-state index < -0.39 is 0 Å². The fraction of sp³-hybridized carbons (Fsp3) is 0.522. The molecule has 4 rings (SSSR count). The average Bonchev–Trinajstić information content (AvgIpc) is 3.40. The molecule has 1 amide bonds. The van der Waals surface area contributed by atoms with Crippen LogP contribution >= 0.6 is 23.8 Å². The van der Waals surface area contributed by atoms with Crippen LogP contribution in [-0.4, -0.2) is 48.4 Å². The fourth-order valence-corrected chi connectivity index (χ4v) is 4.57. The van der Waals surface area contributed by atoms with Gasteiger partial charge in [0.05, 0.1) is 6.54 Å². The molecule has 10 heteroatoms. The first-order valence-corrected chi connectivity index (χ1v) is 12.3. The van der Waals surface area contributed by atoms with E-state index in [1.54, 1.807) is 4.68 Å². The predicted octanol–water partition coefficient (Wildman–Crippen LogP) is 5.02. The van der Waals surface area contributed by atoms with E-state index in [0.29, 0.717) is 47.6 Å². The minimum atomic E-state index is 0.119. The zero-order valence-electron chi connectivity index (χ0n) is 19.0. The Bertz CT molecular complexity index is 1140. The van der Waals surface area contributed by atoms with E-state index in [1.807, 2.05) is 36.1 Å². The molecular weight excluding hydrogens is 460 g/mol. The number of carbonyl (C=O) groups is 1. The second-order valence-corrected chi connectivity index (χ2v) is 9.23. The molecule has 8 nitrogen and oxygen atoms in total. The summed E-state index contributed by atoms with van der Waals surface area (Å²) >= 11 is 11.8. The topological polar surface area (TPSA) is 82.0 Å². The van der Waals surface area contributed by atoms with Gasteiger partial charge in [-0.2, -0.15) is 10.1 Å². The van der Waals surface area contributed by atoms with Gasteiger partial charge >= 0.3 is 0 Å². The summed E-state index contributed by atoms with van der Waals surface area (Å²) in [6.45, 7) is 6.61. The number of halogens is 1. The number of unbranched alkanes of at least 4 members (excludes halogenated alkanes) is 1. The van der Waals surface area contributed by atoms with Crippen LogP contribution in [0, 0.1) is 11.7 Å². The molecule has 1 saturated heterocycles. The number of piperidine rings is 1. The molecule has 0 unspecified atom stereocenters. The molecule has 3 aromatic rings. The molecule has 1 aromatic carbocycles. The Morgan fingerprint density at radius 1 is 1.21 bits per heavy atom. The Kier molecular flexibility index (Phi) is 7.60. The first-order chi connectivity index (χ1) is 16.0. The van der Waals surface area contributed by atoms with Crippen molar-refractivity contribution in [3.63, 3.8) is 0 Å². The number of benzene rings is 1. The van der Waals surface area contributed by atoms with E-state index >= 15 is 0 Å². The second kappa shape index (κ2) is 10.6. The molecule has 0 saturated carbocycles. The van der Waals surface area contributed by atoms with Crippen molar-refractivity contribution in [2.75, 3.05) is 13.1 Å². The summed E-state index contributed by atoms with van der Waals surface area (Å²) in [7, 11) is 0. The van der Waals surface area contributed by atoms with Crippen LogP contribution in [0.5, 0.6) is 0 Å². The van der Waals surface area contributed by atoms with Crippen molar-refractivity contribution >= 4 is 29.7 Å². The van der Waals surface area contributed by atoms with Gasteiger partial charge in [0.2, 0.25) is 11.8 Å². The highest BCUT2D eigenvalue weighted by Gasteiger charge is 2.27. The number of aromatic nitrogens is 5. The van der Waals surface area contributed by atoms with Crippen molar-refractivity contribution in [1.29, 1.82) is 0 Å². The van der Waals surface area contributed by atoms with Gasteiger partial charge in [-0.05, 0) is 62.7 Å². The molecule has 0 bridgehead atoms. The predicted molar refractivity (Wildman–Crippen MR) is 129 cm³/mol. The van der Waals surface area contributed by atoms with Gasteiger partial charge in [-0.15, -0.1) is 0 Å². The Hall–Kier alpha value is -2.52. The lowest BCUT2D eigenvalue weighted by atomic mass is 9.96. The molecule has 0 radical (unpaired) electrons. The summed E-state index contributed by atoms with van der Waals surface area (Å²) in [6.07, 6.45) is 4.10. The van der Waals surface area contributed by atoms with Crippen molar-refractivity contribution in [2.45, 2.75) is 65.0 Å². The Labute approximate surface area is 203 Å². The number of carbonyl (C=O) groups excluding carboxylic acids is 1. The van der Waals surface area contributed by atoms with Gasteiger partial charge in [0, 0.05) is 42.6 Å². The van der Waals surface area contributed by atoms with Crippen LogP contribution in [-0.2, 0) is 17.9 Å². The number of rotatable bonds is 8. The monoisotopic (exact) mass is 488 g/mol. The van der Waals surface area contributed by atoms with Gasteiger partial charge in [-0.3, -0.25) is 9.36 Å². The molecule has 0 spiro atoms. The maximum atomic E-state index is 12.9. The minimum absolute atomic E-state index is 0.119. The van der Waals surface area contributed by atoms with Crippen LogP contribution in [0.2, 0.25) is 5.02 Å². The fourth-order valence-electron chi connectivity index (χ4n) is 4.13. The second-order valence-electron chi connectivity index (χ2n) is 8.43. The Morgan fingerprint density at radius 2 is 1.94 bits per heavy atom. The molecule has 3 heterocycles. The molecule has 0 atom stereocenters. The highest BCUT2D eigenvalue weighted by atomic mass is 35.5. The Balaban J connectivity index is 1.41. The zero-order valence-corrected chi connectivity index (χ0v) is 20.6. The number of aryl methyl sites for hydroxylation is 2. The molecule has 1 fully saturated rings. The number of amides is 1. The summed E-state index contributed by atoms with van der Waals surface area (Å²) in [5.41, 5.74) is 0.963. The van der Waals surface area contributed by atoms with Crippen LogP contribution in [0.1, 0.15) is 56.7 Å². The van der Waals surface area contributed by atoms with Gasteiger partial charge in [0.1, 0.15) is 0 Å². The van der Waals surface area contributed by atoms with Crippen molar-refractivity contribution < 1.29 is 9.32 Å². The normalized spacial score (nSPS) is 14.7. The Morgan fingerprint density at radius 3 is 2.58 bits per heavy atom. The standard InChI is InChI=1S/C23H29ClN6O2S/c1-3-4-12-29-21(17-5-7-19(24)8-6-17)26-30(23(29)33)15-11-20(31)28-13-9-18(10-14-28)22-25-16(2)27-32-22/h5-8,18H,3-4,9-15H2,1-2H3. The van der Waals surface area contributed by atoms with E-state index in [-0.39, 0.29) is 11.8 Å². The van der Waals surface area contributed by atoms with Gasteiger partial charge < -0.3 is 9.42 Å². The largest absolute Gasteiger partial charge is 0.343 e. The van der Waals surface area contributed by atoms with Crippen molar-refractivity contribution in [2.24, 2.45) is 0 Å². The van der Waals surface area contributed by atoms with Gasteiger partial charge in [0.15, 0.2) is 16.4 Å². The van der Waals surface area contributed by atoms with E-state index in [0.717, 1.165) is 43.6 Å². The molecule has 1 aliphatic heterocycles. The molecule has 1 aliphatic rings. The summed E-state index contributed by atoms with van der Waals surface area (Å²) < 4.78 is 9.79. The maximum absolute atomic E-state index is 12.9. The molecule has 33 heavy (non-hydrogen) atoms. The quantitative estimate of drug-likeness (QED) is 0.414. The van der Waals surface area contributed by atoms with Crippen molar-refractivity contribution in [3.8, 4) is 11.4 Å². The van der Waals surface area contributed by atoms with Crippen LogP contribution in [0.15, 0.2) is 28.8 Å². The average molecular weight is 489 g/mol. The first-order valence-electron chi connectivity index (χ1n) is 11.5. The maximum Gasteiger partial charge on any atom is 0.229 e. The van der Waals surface area contributed by atoms with Crippen LogP contribution < -0.4 is 0 Å². The highest BCUT2D eigenvalue weighted by Crippen LogP contribution is 2.27. The third kappa shape index (κ3) is 5.52. The number of nitrogens with zero attached hydrogens (tertiary/aromatic N) is 6. The summed E-state index contributed by atoms with van der Waals surface area (Å²) in [4.78, 5) is 19.1. The van der Waals surface area contributed by atoms with Crippen LogP contribution in [0.4, 0.5) is 0 Å². The molecule has 0 N–H and O–H groups in total.